The highest BCUT2D eigenvalue weighted by Gasteiger charge is 2.08. The SMILES string of the molecule is C#CCOc1cccc(NC(=O)c2ccc3nc(C)ccc3c2)c1. The standard InChI is InChI=1S/C20H16N2O2/c1-3-11-24-18-6-4-5-17(13-18)22-20(23)16-9-10-19-15(12-16)8-7-14(2)21-19/h1,4-10,12-13H,11H2,2H3,(H,22,23). The summed E-state index contributed by atoms with van der Waals surface area (Å²) in [6, 6.07) is 16.5. The number of amides is 1. The summed E-state index contributed by atoms with van der Waals surface area (Å²) >= 11 is 0. The first-order valence-electron chi connectivity index (χ1n) is 7.51. The van der Waals surface area contributed by atoms with E-state index in [2.05, 4.69) is 16.2 Å². The minimum Gasteiger partial charge on any atom is -0.481 e. The molecule has 0 unspecified atom stereocenters. The Hall–Kier alpha value is -3.32. The van der Waals surface area contributed by atoms with E-state index in [-0.39, 0.29) is 12.5 Å². The molecule has 4 heteroatoms. The first-order valence-corrected chi connectivity index (χ1v) is 7.51. The number of carbonyl (C=O) groups excluding carboxylic acids is 1. The van der Waals surface area contributed by atoms with Crippen molar-refractivity contribution in [1.29, 1.82) is 0 Å². The monoisotopic (exact) mass is 316 g/mol. The molecular weight excluding hydrogens is 300 g/mol. The number of benzene rings is 2. The lowest BCUT2D eigenvalue weighted by Gasteiger charge is -2.08. The molecule has 0 saturated heterocycles. The van der Waals surface area contributed by atoms with Crippen molar-refractivity contribution in [3.05, 3.63) is 65.9 Å². The van der Waals surface area contributed by atoms with Crippen LogP contribution in [0.3, 0.4) is 0 Å². The van der Waals surface area contributed by atoms with Crippen LogP contribution in [0, 0.1) is 19.3 Å². The lowest BCUT2D eigenvalue weighted by Crippen LogP contribution is -2.12. The minimum atomic E-state index is -0.188. The molecule has 0 aliphatic rings. The van der Waals surface area contributed by atoms with Gasteiger partial charge in [0.2, 0.25) is 0 Å². The van der Waals surface area contributed by atoms with Crippen LogP contribution in [-0.2, 0) is 0 Å². The average molecular weight is 316 g/mol. The number of aromatic nitrogens is 1. The molecule has 3 aromatic rings. The number of hydrogen-bond acceptors (Lipinski definition) is 3. The highest BCUT2D eigenvalue weighted by atomic mass is 16.5. The number of terminal acetylenes is 1. The van der Waals surface area contributed by atoms with E-state index >= 15 is 0 Å². The normalized spacial score (nSPS) is 10.2. The summed E-state index contributed by atoms with van der Waals surface area (Å²) in [4.78, 5) is 16.9. The van der Waals surface area contributed by atoms with Gasteiger partial charge in [0.1, 0.15) is 12.4 Å². The van der Waals surface area contributed by atoms with Gasteiger partial charge >= 0.3 is 0 Å². The Morgan fingerprint density at radius 3 is 2.92 bits per heavy atom. The Kier molecular flexibility index (Phi) is 4.44. The predicted molar refractivity (Wildman–Crippen MR) is 95.2 cm³/mol. The number of nitrogens with zero attached hydrogens (tertiary/aromatic N) is 1. The van der Waals surface area contributed by atoms with Gasteiger partial charge in [-0.1, -0.05) is 18.1 Å². The van der Waals surface area contributed by atoms with Crippen LogP contribution in [-0.4, -0.2) is 17.5 Å². The third kappa shape index (κ3) is 3.53. The van der Waals surface area contributed by atoms with Gasteiger partial charge in [0.25, 0.3) is 5.91 Å². The van der Waals surface area contributed by atoms with Crippen LogP contribution in [0.25, 0.3) is 10.9 Å². The summed E-state index contributed by atoms with van der Waals surface area (Å²) in [7, 11) is 0. The molecule has 118 valence electrons. The van der Waals surface area contributed by atoms with E-state index in [4.69, 9.17) is 11.2 Å². The second-order valence-corrected chi connectivity index (χ2v) is 5.33. The summed E-state index contributed by atoms with van der Waals surface area (Å²) in [6.45, 7) is 2.13. The topological polar surface area (TPSA) is 51.2 Å². The number of anilines is 1. The van der Waals surface area contributed by atoms with E-state index < -0.39 is 0 Å². The molecule has 0 aliphatic heterocycles. The Bertz CT molecular complexity index is 942. The van der Waals surface area contributed by atoms with Crippen molar-refractivity contribution in [3.63, 3.8) is 0 Å². The molecule has 24 heavy (non-hydrogen) atoms. The van der Waals surface area contributed by atoms with Crippen molar-refractivity contribution >= 4 is 22.5 Å². The molecule has 1 aromatic heterocycles. The summed E-state index contributed by atoms with van der Waals surface area (Å²) in [5, 5.41) is 3.79. The van der Waals surface area contributed by atoms with E-state index in [1.807, 2.05) is 31.2 Å². The van der Waals surface area contributed by atoms with Crippen molar-refractivity contribution in [2.24, 2.45) is 0 Å². The van der Waals surface area contributed by atoms with Gasteiger partial charge < -0.3 is 10.1 Å². The Morgan fingerprint density at radius 2 is 2.08 bits per heavy atom. The van der Waals surface area contributed by atoms with Crippen LogP contribution in [0.1, 0.15) is 16.1 Å². The van der Waals surface area contributed by atoms with Gasteiger partial charge in [-0.15, -0.1) is 6.42 Å². The molecule has 3 rings (SSSR count). The molecule has 1 heterocycles. The summed E-state index contributed by atoms with van der Waals surface area (Å²) in [5.74, 6) is 2.83. The van der Waals surface area contributed by atoms with Gasteiger partial charge in [-0.05, 0) is 43.3 Å². The van der Waals surface area contributed by atoms with Crippen molar-refractivity contribution in [2.75, 3.05) is 11.9 Å². The van der Waals surface area contributed by atoms with Crippen LogP contribution in [0.4, 0.5) is 5.69 Å². The molecule has 2 aromatic carbocycles. The highest BCUT2D eigenvalue weighted by molar-refractivity contribution is 6.06. The Balaban J connectivity index is 1.80. The van der Waals surface area contributed by atoms with E-state index in [0.717, 1.165) is 16.6 Å². The first-order chi connectivity index (χ1) is 11.7. The van der Waals surface area contributed by atoms with Gasteiger partial charge in [-0.3, -0.25) is 9.78 Å². The molecule has 0 radical (unpaired) electrons. The zero-order valence-corrected chi connectivity index (χ0v) is 13.2. The molecular formula is C20H16N2O2. The van der Waals surface area contributed by atoms with E-state index in [0.29, 0.717) is 17.0 Å². The van der Waals surface area contributed by atoms with Crippen molar-refractivity contribution in [1.82, 2.24) is 4.98 Å². The van der Waals surface area contributed by atoms with Crippen molar-refractivity contribution in [3.8, 4) is 18.1 Å². The van der Waals surface area contributed by atoms with Gasteiger partial charge in [0.05, 0.1) is 5.52 Å². The zero-order chi connectivity index (χ0) is 16.9. The fourth-order valence-electron chi connectivity index (χ4n) is 2.36. The average Bonchev–Trinajstić information content (AvgIpc) is 2.59. The lowest BCUT2D eigenvalue weighted by atomic mass is 10.1. The number of fused-ring (bicyclic) bond motifs is 1. The number of carbonyl (C=O) groups is 1. The predicted octanol–water partition coefficient (Wildman–Crippen LogP) is 3.81. The number of hydrogen-bond donors (Lipinski definition) is 1. The maximum Gasteiger partial charge on any atom is 0.255 e. The molecule has 1 amide bonds. The molecule has 0 spiro atoms. The van der Waals surface area contributed by atoms with Gasteiger partial charge in [-0.2, -0.15) is 0 Å². The quantitative estimate of drug-likeness (QED) is 0.745. The summed E-state index contributed by atoms with van der Waals surface area (Å²) in [6.07, 6.45) is 5.18. The number of pyridine rings is 1. The molecule has 4 nitrogen and oxygen atoms in total. The fourth-order valence-corrected chi connectivity index (χ4v) is 2.36. The fraction of sp³-hybridized carbons (Fsp3) is 0.100. The van der Waals surface area contributed by atoms with Gasteiger partial charge in [0, 0.05) is 28.4 Å². The second-order valence-electron chi connectivity index (χ2n) is 5.33. The number of rotatable bonds is 4. The van der Waals surface area contributed by atoms with Crippen LogP contribution >= 0.6 is 0 Å². The molecule has 0 fully saturated rings. The molecule has 0 aliphatic carbocycles. The van der Waals surface area contributed by atoms with Crippen molar-refractivity contribution in [2.45, 2.75) is 6.92 Å². The number of nitrogens with one attached hydrogen (secondary N) is 1. The van der Waals surface area contributed by atoms with Crippen LogP contribution in [0.15, 0.2) is 54.6 Å². The molecule has 0 saturated carbocycles. The maximum absolute atomic E-state index is 12.4. The minimum absolute atomic E-state index is 0.188. The Labute approximate surface area is 140 Å². The molecule has 0 bridgehead atoms. The van der Waals surface area contributed by atoms with Crippen LogP contribution < -0.4 is 10.1 Å². The van der Waals surface area contributed by atoms with E-state index in [9.17, 15) is 4.79 Å². The number of aryl methyl sites for hydroxylation is 1. The lowest BCUT2D eigenvalue weighted by molar-refractivity contribution is 0.102. The summed E-state index contributed by atoms with van der Waals surface area (Å²) in [5.41, 5.74) is 3.04. The smallest absolute Gasteiger partial charge is 0.255 e. The first kappa shape index (κ1) is 15.6. The van der Waals surface area contributed by atoms with E-state index in [1.54, 1.807) is 30.3 Å². The van der Waals surface area contributed by atoms with E-state index in [1.165, 1.54) is 0 Å². The highest BCUT2D eigenvalue weighted by Crippen LogP contribution is 2.19. The third-order valence-electron chi connectivity index (χ3n) is 3.50. The second kappa shape index (κ2) is 6.84. The largest absolute Gasteiger partial charge is 0.481 e. The Morgan fingerprint density at radius 1 is 1.21 bits per heavy atom. The molecule has 0 atom stereocenters. The van der Waals surface area contributed by atoms with Gasteiger partial charge in [-0.25, -0.2) is 0 Å². The van der Waals surface area contributed by atoms with Crippen LogP contribution in [0.5, 0.6) is 5.75 Å². The molecule has 1 N–H and O–H groups in total. The van der Waals surface area contributed by atoms with Crippen molar-refractivity contribution < 1.29 is 9.53 Å². The van der Waals surface area contributed by atoms with Gasteiger partial charge in [0.15, 0.2) is 0 Å². The van der Waals surface area contributed by atoms with Crippen LogP contribution in [0.2, 0.25) is 0 Å². The summed E-state index contributed by atoms with van der Waals surface area (Å²) < 4.78 is 5.36. The third-order valence-corrected chi connectivity index (χ3v) is 3.50. The zero-order valence-electron chi connectivity index (χ0n) is 13.2. The maximum atomic E-state index is 12.4. The number of ether oxygens (including phenoxy) is 1.